The van der Waals surface area contributed by atoms with Gasteiger partial charge in [0.05, 0.1) is 12.6 Å². The Kier molecular flexibility index (Phi) is 10.2. The van der Waals surface area contributed by atoms with E-state index in [1.165, 1.54) is 0 Å². The van der Waals surface area contributed by atoms with Crippen molar-refractivity contribution in [2.24, 2.45) is 11.7 Å². The minimum absolute atomic E-state index is 0. The van der Waals surface area contributed by atoms with Crippen LogP contribution in [0.3, 0.4) is 0 Å². The van der Waals surface area contributed by atoms with Crippen LogP contribution in [0.15, 0.2) is 0 Å². The van der Waals surface area contributed by atoms with Crippen LogP contribution in [0.4, 0.5) is 0 Å². The molecule has 1 fully saturated rings. The van der Waals surface area contributed by atoms with Crippen LogP contribution in [0.1, 0.15) is 33.1 Å². The average Bonchev–Trinajstić information content (AvgIpc) is 2.44. The molecule has 0 aromatic heterocycles. The zero-order valence-electron chi connectivity index (χ0n) is 12.9. The van der Waals surface area contributed by atoms with Crippen LogP contribution in [0.5, 0.6) is 0 Å². The van der Waals surface area contributed by atoms with E-state index in [2.05, 4.69) is 17.1 Å². The summed E-state index contributed by atoms with van der Waals surface area (Å²) in [5.74, 6) is 0.242. The zero-order chi connectivity index (χ0) is 14.3. The smallest absolute Gasteiger partial charge is 0.237 e. The Morgan fingerprint density at radius 2 is 2.05 bits per heavy atom. The number of nitrogens with zero attached hydrogens (tertiary/aromatic N) is 1. The van der Waals surface area contributed by atoms with Crippen LogP contribution < -0.4 is 11.1 Å². The molecule has 2 unspecified atom stereocenters. The largest absolute Gasteiger partial charge is 0.383 e. The van der Waals surface area contributed by atoms with Crippen LogP contribution >= 0.6 is 12.4 Å². The van der Waals surface area contributed by atoms with Gasteiger partial charge in [0.15, 0.2) is 0 Å². The molecule has 1 aliphatic rings. The Hall–Kier alpha value is -0.360. The van der Waals surface area contributed by atoms with Crippen molar-refractivity contribution in [1.82, 2.24) is 10.2 Å². The first-order valence-corrected chi connectivity index (χ1v) is 7.35. The monoisotopic (exact) mass is 307 g/mol. The number of hydrogen-bond acceptors (Lipinski definition) is 4. The Balaban J connectivity index is 0.00000361. The quantitative estimate of drug-likeness (QED) is 0.736. The second-order valence-electron chi connectivity index (χ2n) is 5.53. The van der Waals surface area contributed by atoms with Crippen LogP contribution in [0.2, 0.25) is 0 Å². The highest BCUT2D eigenvalue weighted by Gasteiger charge is 2.24. The predicted molar refractivity (Wildman–Crippen MR) is 84.2 cm³/mol. The van der Waals surface area contributed by atoms with Crippen LogP contribution in [-0.4, -0.2) is 56.2 Å². The summed E-state index contributed by atoms with van der Waals surface area (Å²) in [6.45, 7) is 7.88. The molecule has 0 spiro atoms. The fraction of sp³-hybridized carbons (Fsp3) is 0.929. The van der Waals surface area contributed by atoms with E-state index >= 15 is 0 Å². The fourth-order valence-electron chi connectivity index (χ4n) is 2.33. The molecule has 6 heteroatoms. The summed E-state index contributed by atoms with van der Waals surface area (Å²) >= 11 is 0. The van der Waals surface area contributed by atoms with Crippen molar-refractivity contribution in [3.63, 3.8) is 0 Å². The third kappa shape index (κ3) is 6.39. The number of halogens is 1. The van der Waals surface area contributed by atoms with Gasteiger partial charge in [-0.3, -0.25) is 4.79 Å². The van der Waals surface area contributed by atoms with Gasteiger partial charge < -0.3 is 20.7 Å². The van der Waals surface area contributed by atoms with Gasteiger partial charge in [0.1, 0.15) is 0 Å². The molecule has 1 aliphatic heterocycles. The molecule has 120 valence electrons. The number of nitrogens with two attached hydrogens (primary N) is 1. The predicted octanol–water partition coefficient (Wildman–Crippen LogP) is 1.01. The first-order chi connectivity index (χ1) is 9.08. The highest BCUT2D eigenvalue weighted by Crippen LogP contribution is 2.11. The van der Waals surface area contributed by atoms with E-state index in [0.717, 1.165) is 45.5 Å². The number of nitrogens with one attached hydrogen (secondary N) is 1. The van der Waals surface area contributed by atoms with E-state index in [-0.39, 0.29) is 36.3 Å². The number of carbonyl (C=O) groups is 1. The maximum Gasteiger partial charge on any atom is 0.237 e. The molecule has 1 rings (SSSR count). The summed E-state index contributed by atoms with van der Waals surface area (Å²) in [5.41, 5.74) is 5.94. The molecule has 1 heterocycles. The molecule has 0 aromatic carbocycles. The highest BCUT2D eigenvalue weighted by molar-refractivity contribution is 5.85. The molecule has 2 atom stereocenters. The first kappa shape index (κ1) is 19.6. The van der Waals surface area contributed by atoms with Gasteiger partial charge in [-0.2, -0.15) is 0 Å². The number of amides is 1. The van der Waals surface area contributed by atoms with Gasteiger partial charge in [0, 0.05) is 32.8 Å². The zero-order valence-corrected chi connectivity index (χ0v) is 13.7. The third-order valence-corrected chi connectivity index (χ3v) is 4.11. The number of carbonyl (C=O) groups excluding carboxylic acids is 1. The Morgan fingerprint density at radius 3 is 2.55 bits per heavy atom. The molecular weight excluding hydrogens is 278 g/mol. The minimum atomic E-state index is -0.378. The van der Waals surface area contributed by atoms with Gasteiger partial charge in [0.2, 0.25) is 5.91 Å². The lowest BCUT2D eigenvalue weighted by atomic mass is 9.98. The third-order valence-electron chi connectivity index (χ3n) is 4.11. The van der Waals surface area contributed by atoms with Crippen molar-refractivity contribution in [2.45, 2.75) is 45.2 Å². The van der Waals surface area contributed by atoms with Crippen molar-refractivity contribution in [2.75, 3.05) is 33.4 Å². The number of hydrogen-bond donors (Lipinski definition) is 2. The minimum Gasteiger partial charge on any atom is -0.383 e. The van der Waals surface area contributed by atoms with Crippen LogP contribution in [-0.2, 0) is 9.53 Å². The van der Waals surface area contributed by atoms with Gasteiger partial charge in [0.25, 0.3) is 0 Å². The Labute approximate surface area is 129 Å². The molecule has 0 saturated carbocycles. The number of piperidine rings is 1. The standard InChI is InChI=1S/C14H29N3O2.ClH/c1-4-11(2)13(15)14(18)16-12-5-7-17(8-6-12)9-10-19-3;/h11-13H,4-10,15H2,1-3H3,(H,16,18);1H. The van der Waals surface area contributed by atoms with E-state index in [0.29, 0.717) is 0 Å². The lowest BCUT2D eigenvalue weighted by Gasteiger charge is -2.33. The molecule has 0 aliphatic carbocycles. The van der Waals surface area contributed by atoms with Crippen molar-refractivity contribution < 1.29 is 9.53 Å². The number of ether oxygens (including phenoxy) is 1. The molecule has 5 nitrogen and oxygen atoms in total. The fourth-order valence-corrected chi connectivity index (χ4v) is 2.33. The summed E-state index contributed by atoms with van der Waals surface area (Å²) in [4.78, 5) is 14.4. The summed E-state index contributed by atoms with van der Waals surface area (Å²) < 4.78 is 5.08. The van der Waals surface area contributed by atoms with Crippen molar-refractivity contribution in [3.05, 3.63) is 0 Å². The average molecular weight is 308 g/mol. The highest BCUT2D eigenvalue weighted by atomic mass is 35.5. The van der Waals surface area contributed by atoms with E-state index in [1.807, 2.05) is 6.92 Å². The molecule has 20 heavy (non-hydrogen) atoms. The second kappa shape index (κ2) is 10.4. The van der Waals surface area contributed by atoms with Crippen LogP contribution in [0.25, 0.3) is 0 Å². The number of methoxy groups -OCH3 is 1. The van der Waals surface area contributed by atoms with Crippen molar-refractivity contribution in [1.29, 1.82) is 0 Å². The molecule has 1 saturated heterocycles. The number of rotatable bonds is 7. The van der Waals surface area contributed by atoms with E-state index in [1.54, 1.807) is 7.11 Å². The van der Waals surface area contributed by atoms with E-state index in [4.69, 9.17) is 10.5 Å². The van der Waals surface area contributed by atoms with Crippen LogP contribution in [0, 0.1) is 5.92 Å². The summed E-state index contributed by atoms with van der Waals surface area (Å²) in [7, 11) is 1.73. The maximum atomic E-state index is 12.0. The van der Waals surface area contributed by atoms with E-state index in [9.17, 15) is 4.79 Å². The lowest BCUT2D eigenvalue weighted by Crippen LogP contribution is -2.51. The molecule has 0 bridgehead atoms. The molecular formula is C14H30ClN3O2. The first-order valence-electron chi connectivity index (χ1n) is 7.35. The molecule has 3 N–H and O–H groups in total. The second-order valence-corrected chi connectivity index (χ2v) is 5.53. The Bertz CT molecular complexity index is 271. The SMILES string of the molecule is CCC(C)C(N)C(=O)NC1CCN(CCOC)CC1.Cl. The summed E-state index contributed by atoms with van der Waals surface area (Å²) in [5, 5.41) is 3.09. The topological polar surface area (TPSA) is 67.6 Å². The molecule has 1 amide bonds. The van der Waals surface area contributed by atoms with Gasteiger partial charge >= 0.3 is 0 Å². The van der Waals surface area contributed by atoms with E-state index < -0.39 is 0 Å². The lowest BCUT2D eigenvalue weighted by molar-refractivity contribution is -0.124. The Morgan fingerprint density at radius 1 is 1.45 bits per heavy atom. The van der Waals surface area contributed by atoms with Gasteiger partial charge in [-0.05, 0) is 18.8 Å². The molecule has 0 radical (unpaired) electrons. The summed E-state index contributed by atoms with van der Waals surface area (Å²) in [6, 6.07) is -0.0991. The van der Waals surface area contributed by atoms with Gasteiger partial charge in [-0.1, -0.05) is 20.3 Å². The van der Waals surface area contributed by atoms with Crippen molar-refractivity contribution in [3.8, 4) is 0 Å². The maximum absolute atomic E-state index is 12.0. The molecule has 0 aromatic rings. The normalized spacial score (nSPS) is 20.0. The van der Waals surface area contributed by atoms with Gasteiger partial charge in [-0.25, -0.2) is 0 Å². The number of likely N-dealkylation sites (tertiary alicyclic amines) is 1. The van der Waals surface area contributed by atoms with Crippen molar-refractivity contribution >= 4 is 18.3 Å². The summed E-state index contributed by atoms with van der Waals surface area (Å²) in [6.07, 6.45) is 2.94. The van der Waals surface area contributed by atoms with Gasteiger partial charge in [-0.15, -0.1) is 12.4 Å².